The maximum absolute atomic E-state index is 5.86. The molecule has 1 saturated carbocycles. The molecular weight excluding hydrogens is 348 g/mol. The third kappa shape index (κ3) is 2.58. The molecule has 1 aromatic heterocycles. The number of rotatable bonds is 4. The number of hydrogen-bond donors (Lipinski definition) is 0. The molecule has 7 nitrogen and oxygen atoms in total. The highest BCUT2D eigenvalue weighted by atomic mass is 16.7. The number of fused-ring (bicyclic) bond motifs is 3. The van der Waals surface area contributed by atoms with E-state index in [1.165, 1.54) is 12.8 Å². The van der Waals surface area contributed by atoms with E-state index in [4.69, 9.17) is 28.7 Å². The summed E-state index contributed by atoms with van der Waals surface area (Å²) in [5.41, 5.74) is 2.43. The first kappa shape index (κ1) is 14.9. The van der Waals surface area contributed by atoms with Gasteiger partial charge >= 0.3 is 6.01 Å². The minimum absolute atomic E-state index is 0.212. The normalized spacial score (nSPS) is 16.7. The van der Waals surface area contributed by atoms with E-state index < -0.39 is 0 Å². The van der Waals surface area contributed by atoms with E-state index in [1.807, 2.05) is 30.3 Å². The van der Waals surface area contributed by atoms with Gasteiger partial charge in [0.1, 0.15) is 0 Å². The number of benzene rings is 2. The van der Waals surface area contributed by atoms with E-state index in [-0.39, 0.29) is 13.6 Å². The van der Waals surface area contributed by atoms with Gasteiger partial charge in [-0.2, -0.15) is 9.97 Å². The van der Waals surface area contributed by atoms with Crippen LogP contribution in [0, 0.1) is 5.92 Å². The molecule has 0 bridgehead atoms. The fraction of sp³-hybridized carbons (Fsp3) is 0.300. The van der Waals surface area contributed by atoms with Crippen molar-refractivity contribution in [2.24, 2.45) is 5.92 Å². The summed E-state index contributed by atoms with van der Waals surface area (Å²) in [4.78, 5) is 9.28. The van der Waals surface area contributed by atoms with Crippen molar-refractivity contribution in [2.45, 2.75) is 12.8 Å². The Morgan fingerprint density at radius 2 is 1.59 bits per heavy atom. The average molecular weight is 364 g/mol. The summed E-state index contributed by atoms with van der Waals surface area (Å²) in [7, 11) is 0. The highest BCUT2D eigenvalue weighted by Gasteiger charge is 2.24. The molecular formula is C20H16N2O5. The molecule has 1 fully saturated rings. The summed E-state index contributed by atoms with van der Waals surface area (Å²) >= 11 is 0. The highest BCUT2D eigenvalue weighted by molar-refractivity contribution is 5.95. The van der Waals surface area contributed by atoms with Crippen LogP contribution in [-0.2, 0) is 0 Å². The van der Waals surface area contributed by atoms with Crippen molar-refractivity contribution >= 4 is 10.9 Å². The molecule has 3 aromatic rings. The summed E-state index contributed by atoms with van der Waals surface area (Å²) in [6, 6.07) is 9.95. The van der Waals surface area contributed by atoms with E-state index in [0.29, 0.717) is 35.8 Å². The lowest BCUT2D eigenvalue weighted by atomic mass is 10.1. The van der Waals surface area contributed by atoms with Crippen LogP contribution in [0.1, 0.15) is 12.8 Å². The molecule has 6 rings (SSSR count). The fourth-order valence-corrected chi connectivity index (χ4v) is 3.30. The maximum atomic E-state index is 5.86. The molecule has 7 heteroatoms. The van der Waals surface area contributed by atoms with Gasteiger partial charge in [0.2, 0.25) is 13.6 Å². The molecule has 3 heterocycles. The number of ether oxygens (including phenoxy) is 5. The van der Waals surface area contributed by atoms with Crippen LogP contribution in [-0.4, -0.2) is 30.2 Å². The third-order valence-corrected chi connectivity index (χ3v) is 4.96. The van der Waals surface area contributed by atoms with Gasteiger partial charge in [-0.15, -0.1) is 0 Å². The minimum Gasteiger partial charge on any atom is -0.463 e. The van der Waals surface area contributed by atoms with E-state index in [2.05, 4.69) is 4.98 Å². The SMILES string of the molecule is c1cc2c(cc1-c1nc(OCC3CC3)nc3cc4c(cc13)OCO4)OCO2. The highest BCUT2D eigenvalue weighted by Crippen LogP contribution is 2.41. The van der Waals surface area contributed by atoms with Crippen molar-refractivity contribution in [1.82, 2.24) is 9.97 Å². The van der Waals surface area contributed by atoms with Crippen LogP contribution in [0.15, 0.2) is 30.3 Å². The lowest BCUT2D eigenvalue weighted by Gasteiger charge is -2.11. The lowest BCUT2D eigenvalue weighted by molar-refractivity contribution is 0.173. The molecule has 2 aromatic carbocycles. The Morgan fingerprint density at radius 3 is 2.41 bits per heavy atom. The first-order valence-electron chi connectivity index (χ1n) is 8.98. The molecule has 2 aliphatic heterocycles. The van der Waals surface area contributed by atoms with Crippen molar-refractivity contribution in [3.05, 3.63) is 30.3 Å². The van der Waals surface area contributed by atoms with Gasteiger partial charge in [0.05, 0.1) is 17.8 Å². The van der Waals surface area contributed by atoms with Crippen LogP contribution in [0.3, 0.4) is 0 Å². The summed E-state index contributed by atoms with van der Waals surface area (Å²) in [5.74, 6) is 3.45. The molecule has 0 atom stereocenters. The quantitative estimate of drug-likeness (QED) is 0.701. The third-order valence-electron chi connectivity index (χ3n) is 4.96. The van der Waals surface area contributed by atoms with Crippen molar-refractivity contribution in [3.63, 3.8) is 0 Å². The van der Waals surface area contributed by atoms with Crippen LogP contribution in [0.5, 0.6) is 29.0 Å². The standard InChI is InChI=1S/C20H16N2O5/c1-2-11(1)8-23-20-21-14-7-18-17(26-10-27-18)6-13(14)19(22-20)12-3-4-15-16(5-12)25-9-24-15/h3-7,11H,1-2,8-10H2. The summed E-state index contributed by atoms with van der Waals surface area (Å²) in [5, 5.41) is 0.872. The van der Waals surface area contributed by atoms with Gasteiger partial charge in [0, 0.05) is 17.0 Å². The molecule has 3 aliphatic rings. The fourth-order valence-electron chi connectivity index (χ4n) is 3.30. The molecule has 0 N–H and O–H groups in total. The van der Waals surface area contributed by atoms with Gasteiger partial charge in [0.25, 0.3) is 0 Å². The van der Waals surface area contributed by atoms with Gasteiger partial charge in [-0.05, 0) is 43.0 Å². The second-order valence-corrected chi connectivity index (χ2v) is 6.90. The molecule has 0 amide bonds. The van der Waals surface area contributed by atoms with Gasteiger partial charge in [-0.25, -0.2) is 0 Å². The Hall–Kier alpha value is -3.22. The van der Waals surface area contributed by atoms with Gasteiger partial charge < -0.3 is 23.7 Å². The average Bonchev–Trinajstić information content (AvgIpc) is 3.21. The van der Waals surface area contributed by atoms with Crippen molar-refractivity contribution in [3.8, 4) is 40.3 Å². The van der Waals surface area contributed by atoms with Crippen LogP contribution >= 0.6 is 0 Å². The molecule has 27 heavy (non-hydrogen) atoms. The molecule has 0 spiro atoms. The van der Waals surface area contributed by atoms with Crippen LogP contribution in [0.2, 0.25) is 0 Å². The second kappa shape index (κ2) is 5.64. The zero-order chi connectivity index (χ0) is 17.8. The minimum atomic E-state index is 0.212. The first-order valence-corrected chi connectivity index (χ1v) is 8.98. The smallest absolute Gasteiger partial charge is 0.317 e. The Kier molecular flexibility index (Phi) is 3.11. The van der Waals surface area contributed by atoms with Crippen LogP contribution in [0.25, 0.3) is 22.2 Å². The summed E-state index contributed by atoms with van der Waals surface area (Å²) in [6.07, 6.45) is 2.42. The predicted octanol–water partition coefficient (Wildman–Crippen LogP) is 3.54. The van der Waals surface area contributed by atoms with E-state index in [1.54, 1.807) is 0 Å². The molecule has 0 saturated heterocycles. The zero-order valence-corrected chi connectivity index (χ0v) is 14.4. The molecule has 136 valence electrons. The lowest BCUT2D eigenvalue weighted by Crippen LogP contribution is -2.04. The van der Waals surface area contributed by atoms with Gasteiger partial charge in [-0.1, -0.05) is 0 Å². The molecule has 1 aliphatic carbocycles. The summed E-state index contributed by atoms with van der Waals surface area (Å²) in [6.45, 7) is 1.10. The van der Waals surface area contributed by atoms with Gasteiger partial charge in [-0.3, -0.25) is 0 Å². The Morgan fingerprint density at radius 1 is 0.852 bits per heavy atom. The van der Waals surface area contributed by atoms with E-state index >= 15 is 0 Å². The zero-order valence-electron chi connectivity index (χ0n) is 14.4. The monoisotopic (exact) mass is 364 g/mol. The summed E-state index contributed by atoms with van der Waals surface area (Å²) < 4.78 is 27.8. The Bertz CT molecular complexity index is 1060. The predicted molar refractivity (Wildman–Crippen MR) is 95.4 cm³/mol. The second-order valence-electron chi connectivity index (χ2n) is 6.90. The largest absolute Gasteiger partial charge is 0.463 e. The van der Waals surface area contributed by atoms with E-state index in [0.717, 1.165) is 27.9 Å². The van der Waals surface area contributed by atoms with Crippen molar-refractivity contribution < 1.29 is 23.7 Å². The number of hydrogen-bond acceptors (Lipinski definition) is 7. The maximum Gasteiger partial charge on any atom is 0.317 e. The number of nitrogens with zero attached hydrogens (tertiary/aromatic N) is 2. The first-order chi connectivity index (χ1) is 13.3. The molecule has 0 radical (unpaired) electrons. The van der Waals surface area contributed by atoms with E-state index in [9.17, 15) is 0 Å². The van der Waals surface area contributed by atoms with Crippen LogP contribution < -0.4 is 23.7 Å². The number of aromatic nitrogens is 2. The topological polar surface area (TPSA) is 71.9 Å². The Labute approximate surface area is 154 Å². The van der Waals surface area contributed by atoms with Crippen molar-refractivity contribution in [2.75, 3.05) is 20.2 Å². The molecule has 0 unspecified atom stereocenters. The Balaban J connectivity index is 1.51. The van der Waals surface area contributed by atoms with Crippen molar-refractivity contribution in [1.29, 1.82) is 0 Å². The van der Waals surface area contributed by atoms with Crippen LogP contribution in [0.4, 0.5) is 0 Å². The van der Waals surface area contributed by atoms with Gasteiger partial charge in [0.15, 0.2) is 23.0 Å².